The van der Waals surface area contributed by atoms with Crippen molar-refractivity contribution in [3.63, 3.8) is 0 Å². The Kier molecular flexibility index (Phi) is 6.33. The molecule has 1 saturated carbocycles. The van der Waals surface area contributed by atoms with Gasteiger partial charge in [0.05, 0.1) is 0 Å². The van der Waals surface area contributed by atoms with E-state index < -0.39 is 18.5 Å². The number of imide groups is 1. The lowest BCUT2D eigenvalue weighted by Crippen LogP contribution is -2.38. The molecule has 0 radical (unpaired) electrons. The van der Waals surface area contributed by atoms with Crippen molar-refractivity contribution in [3.05, 3.63) is 23.3 Å². The molecule has 0 bridgehead atoms. The van der Waals surface area contributed by atoms with E-state index in [9.17, 15) is 14.4 Å². The standard InChI is InChI=1S/C19H25N5O4/c1-12-15(13(2)24-19(22-12)20-11-21-24)8-9-17(26)28-10-16(25)23-18(27)14-6-4-3-5-7-14/h11,14H,3-10H2,1-2H3,(H,23,25,27). The summed E-state index contributed by atoms with van der Waals surface area (Å²) in [5.41, 5.74) is 2.54. The van der Waals surface area contributed by atoms with Crippen molar-refractivity contribution in [2.24, 2.45) is 5.92 Å². The average Bonchev–Trinajstić information content (AvgIpc) is 3.15. The first-order chi connectivity index (χ1) is 13.5. The fourth-order valence-electron chi connectivity index (χ4n) is 3.60. The summed E-state index contributed by atoms with van der Waals surface area (Å²) in [4.78, 5) is 44.3. The van der Waals surface area contributed by atoms with Crippen LogP contribution < -0.4 is 5.32 Å². The van der Waals surface area contributed by atoms with Gasteiger partial charge in [0.1, 0.15) is 6.33 Å². The second kappa shape index (κ2) is 8.90. The van der Waals surface area contributed by atoms with Gasteiger partial charge in [0.15, 0.2) is 6.61 Å². The number of hydrogen-bond acceptors (Lipinski definition) is 7. The van der Waals surface area contributed by atoms with Crippen LogP contribution in [0.4, 0.5) is 0 Å². The lowest BCUT2D eigenvalue weighted by Gasteiger charge is -2.20. The molecule has 9 nitrogen and oxygen atoms in total. The molecule has 0 aromatic carbocycles. The number of hydrogen-bond donors (Lipinski definition) is 1. The number of esters is 1. The SMILES string of the molecule is Cc1nc2ncnn2c(C)c1CCC(=O)OCC(=O)NC(=O)C1CCCCC1. The number of nitrogens with zero attached hydrogens (tertiary/aromatic N) is 4. The fraction of sp³-hybridized carbons (Fsp3) is 0.579. The van der Waals surface area contributed by atoms with Crippen LogP contribution in [-0.4, -0.2) is 44.0 Å². The molecule has 2 amide bonds. The molecule has 1 aliphatic carbocycles. The third-order valence-electron chi connectivity index (χ3n) is 5.17. The maximum Gasteiger partial charge on any atom is 0.306 e. The second-order valence-corrected chi connectivity index (χ2v) is 7.14. The van der Waals surface area contributed by atoms with E-state index in [1.807, 2.05) is 13.8 Å². The molecule has 1 fully saturated rings. The third kappa shape index (κ3) is 4.71. The van der Waals surface area contributed by atoms with Crippen LogP contribution in [0.5, 0.6) is 0 Å². The molecule has 2 aromatic rings. The van der Waals surface area contributed by atoms with Gasteiger partial charge in [-0.25, -0.2) is 9.50 Å². The molecule has 0 aliphatic heterocycles. The number of rotatable bonds is 6. The van der Waals surface area contributed by atoms with Gasteiger partial charge >= 0.3 is 5.97 Å². The Hall–Kier alpha value is -2.84. The summed E-state index contributed by atoms with van der Waals surface area (Å²) in [6.07, 6.45) is 6.72. The molecule has 2 aromatic heterocycles. The summed E-state index contributed by atoms with van der Waals surface area (Å²) in [6, 6.07) is 0. The Labute approximate surface area is 162 Å². The van der Waals surface area contributed by atoms with Crippen LogP contribution in [-0.2, 0) is 25.5 Å². The first-order valence-electron chi connectivity index (χ1n) is 9.61. The zero-order valence-electron chi connectivity index (χ0n) is 16.2. The van der Waals surface area contributed by atoms with E-state index in [-0.39, 0.29) is 18.2 Å². The minimum Gasteiger partial charge on any atom is -0.456 e. The fourth-order valence-corrected chi connectivity index (χ4v) is 3.60. The van der Waals surface area contributed by atoms with Gasteiger partial charge in [-0.1, -0.05) is 19.3 Å². The normalized spacial score (nSPS) is 14.8. The van der Waals surface area contributed by atoms with E-state index in [0.717, 1.165) is 49.1 Å². The third-order valence-corrected chi connectivity index (χ3v) is 5.17. The van der Waals surface area contributed by atoms with Crippen molar-refractivity contribution in [3.8, 4) is 0 Å². The van der Waals surface area contributed by atoms with Gasteiger partial charge in [0, 0.05) is 23.7 Å². The molecule has 0 unspecified atom stereocenters. The number of aromatic nitrogens is 4. The summed E-state index contributed by atoms with van der Waals surface area (Å²) in [7, 11) is 0. The number of ether oxygens (including phenoxy) is 1. The van der Waals surface area contributed by atoms with Crippen molar-refractivity contribution in [1.82, 2.24) is 24.9 Å². The molecule has 28 heavy (non-hydrogen) atoms. The van der Waals surface area contributed by atoms with Crippen LogP contribution in [0.1, 0.15) is 55.5 Å². The summed E-state index contributed by atoms with van der Waals surface area (Å²) >= 11 is 0. The summed E-state index contributed by atoms with van der Waals surface area (Å²) in [5.74, 6) is -0.946. The number of carbonyl (C=O) groups excluding carboxylic acids is 3. The largest absolute Gasteiger partial charge is 0.456 e. The van der Waals surface area contributed by atoms with Crippen LogP contribution >= 0.6 is 0 Å². The molecule has 9 heteroatoms. The Morgan fingerprint density at radius 1 is 1.21 bits per heavy atom. The molecule has 150 valence electrons. The number of amides is 2. The minimum atomic E-state index is -0.581. The van der Waals surface area contributed by atoms with Crippen LogP contribution in [0.25, 0.3) is 5.78 Å². The van der Waals surface area contributed by atoms with Crippen molar-refractivity contribution >= 4 is 23.6 Å². The van der Waals surface area contributed by atoms with Gasteiger partial charge in [-0.15, -0.1) is 0 Å². The van der Waals surface area contributed by atoms with Gasteiger partial charge in [0.25, 0.3) is 11.7 Å². The predicted octanol–water partition coefficient (Wildman–Crippen LogP) is 1.44. The second-order valence-electron chi connectivity index (χ2n) is 7.14. The molecular weight excluding hydrogens is 362 g/mol. The topological polar surface area (TPSA) is 116 Å². The van der Waals surface area contributed by atoms with E-state index >= 15 is 0 Å². The lowest BCUT2D eigenvalue weighted by molar-refractivity contribution is -0.150. The lowest BCUT2D eigenvalue weighted by atomic mass is 9.89. The maximum atomic E-state index is 12.0. The van der Waals surface area contributed by atoms with E-state index in [0.29, 0.717) is 12.2 Å². The highest BCUT2D eigenvalue weighted by Gasteiger charge is 2.23. The van der Waals surface area contributed by atoms with Crippen LogP contribution in [0.15, 0.2) is 6.33 Å². The molecular formula is C19H25N5O4. The Bertz CT molecular complexity index is 886. The van der Waals surface area contributed by atoms with Crippen molar-refractivity contribution in [1.29, 1.82) is 0 Å². The van der Waals surface area contributed by atoms with Gasteiger partial charge in [-0.05, 0) is 38.7 Å². The van der Waals surface area contributed by atoms with Crippen LogP contribution in [0, 0.1) is 19.8 Å². The summed E-state index contributed by atoms with van der Waals surface area (Å²) in [6.45, 7) is 3.30. The van der Waals surface area contributed by atoms with Crippen molar-refractivity contribution in [2.45, 2.75) is 58.8 Å². The zero-order chi connectivity index (χ0) is 20.1. The van der Waals surface area contributed by atoms with Crippen LogP contribution in [0.3, 0.4) is 0 Å². The van der Waals surface area contributed by atoms with Gasteiger partial charge in [0.2, 0.25) is 5.91 Å². The van der Waals surface area contributed by atoms with E-state index in [1.54, 1.807) is 4.52 Å². The summed E-state index contributed by atoms with van der Waals surface area (Å²) in [5, 5.41) is 6.45. The molecule has 3 rings (SSSR count). The Morgan fingerprint density at radius 2 is 1.96 bits per heavy atom. The molecule has 0 atom stereocenters. The first kappa shape index (κ1) is 19.9. The Morgan fingerprint density at radius 3 is 2.71 bits per heavy atom. The average molecular weight is 387 g/mol. The highest BCUT2D eigenvalue weighted by atomic mass is 16.5. The number of carbonyl (C=O) groups is 3. The molecule has 1 N–H and O–H groups in total. The smallest absolute Gasteiger partial charge is 0.306 e. The van der Waals surface area contributed by atoms with Crippen molar-refractivity contribution in [2.75, 3.05) is 6.61 Å². The number of aryl methyl sites for hydroxylation is 2. The van der Waals surface area contributed by atoms with E-state index in [1.165, 1.54) is 6.33 Å². The van der Waals surface area contributed by atoms with E-state index in [4.69, 9.17) is 4.74 Å². The van der Waals surface area contributed by atoms with Gasteiger partial charge in [-0.3, -0.25) is 19.7 Å². The Balaban J connectivity index is 1.45. The van der Waals surface area contributed by atoms with E-state index in [2.05, 4.69) is 20.4 Å². The maximum absolute atomic E-state index is 12.0. The monoisotopic (exact) mass is 387 g/mol. The molecule has 2 heterocycles. The minimum absolute atomic E-state index is 0.105. The van der Waals surface area contributed by atoms with Gasteiger partial charge < -0.3 is 4.74 Å². The molecule has 1 aliphatic rings. The van der Waals surface area contributed by atoms with Crippen LogP contribution in [0.2, 0.25) is 0 Å². The zero-order valence-corrected chi connectivity index (χ0v) is 16.2. The number of nitrogens with one attached hydrogen (secondary N) is 1. The highest BCUT2D eigenvalue weighted by molar-refractivity contribution is 5.97. The first-order valence-corrected chi connectivity index (χ1v) is 9.61. The number of fused-ring (bicyclic) bond motifs is 1. The quantitative estimate of drug-likeness (QED) is 0.746. The van der Waals surface area contributed by atoms with Gasteiger partial charge in [-0.2, -0.15) is 10.1 Å². The molecule has 0 spiro atoms. The highest BCUT2D eigenvalue weighted by Crippen LogP contribution is 2.23. The molecule has 0 saturated heterocycles. The van der Waals surface area contributed by atoms with Crippen molar-refractivity contribution < 1.29 is 19.1 Å². The summed E-state index contributed by atoms with van der Waals surface area (Å²) < 4.78 is 6.63. The predicted molar refractivity (Wildman–Crippen MR) is 99.3 cm³/mol.